The van der Waals surface area contributed by atoms with E-state index in [1.807, 2.05) is 19.3 Å². The van der Waals surface area contributed by atoms with Crippen LogP contribution in [0.1, 0.15) is 11.4 Å². The van der Waals surface area contributed by atoms with Crippen molar-refractivity contribution in [2.45, 2.75) is 19.5 Å². The average Bonchev–Trinajstić information content (AvgIpc) is 2.06. The maximum atomic E-state index is 5.67. The minimum atomic E-state index is 0.367. The summed E-state index contributed by atoms with van der Waals surface area (Å²) in [7, 11) is 0. The molecule has 0 atom stereocenters. The van der Waals surface area contributed by atoms with E-state index in [-0.39, 0.29) is 0 Å². The molecule has 0 radical (unpaired) electrons. The van der Waals surface area contributed by atoms with Crippen molar-refractivity contribution >= 4 is 0 Å². The van der Waals surface area contributed by atoms with Crippen molar-refractivity contribution in [3.05, 3.63) is 23.8 Å². The molecule has 2 heterocycles. The molecule has 70 valence electrons. The summed E-state index contributed by atoms with van der Waals surface area (Å²) in [6, 6.07) is 0.367. The molecule has 0 unspecified atom stereocenters. The van der Waals surface area contributed by atoms with Crippen LogP contribution in [0.2, 0.25) is 0 Å². The minimum Gasteiger partial charge on any atom is -0.325 e. The van der Waals surface area contributed by atoms with Crippen LogP contribution in [0.3, 0.4) is 0 Å². The number of nitrogens with two attached hydrogens (primary N) is 1. The van der Waals surface area contributed by atoms with Crippen LogP contribution in [-0.2, 0) is 6.54 Å². The van der Waals surface area contributed by atoms with Crippen molar-refractivity contribution in [3.8, 4) is 0 Å². The normalized spacial score (nSPS) is 18.6. The number of hydrogen-bond acceptors (Lipinski definition) is 4. The number of hydrogen-bond donors (Lipinski definition) is 1. The Hall–Kier alpha value is -1.00. The SMILES string of the molecule is Cc1ncc(CN2CC(N)C2)cn1. The van der Waals surface area contributed by atoms with Gasteiger partial charge in [-0.2, -0.15) is 0 Å². The number of aromatic nitrogens is 2. The lowest BCUT2D eigenvalue weighted by atomic mass is 10.1. The molecule has 0 aromatic carbocycles. The fourth-order valence-corrected chi connectivity index (χ4v) is 1.50. The monoisotopic (exact) mass is 178 g/mol. The second-order valence-electron chi connectivity index (χ2n) is 3.59. The molecule has 4 heteroatoms. The first-order valence-electron chi connectivity index (χ1n) is 4.49. The van der Waals surface area contributed by atoms with Crippen molar-refractivity contribution in [2.75, 3.05) is 13.1 Å². The molecule has 0 bridgehead atoms. The molecule has 0 amide bonds. The Morgan fingerprint density at radius 3 is 2.62 bits per heavy atom. The molecular formula is C9H14N4. The second-order valence-corrected chi connectivity index (χ2v) is 3.59. The van der Waals surface area contributed by atoms with E-state index >= 15 is 0 Å². The van der Waals surface area contributed by atoms with Crippen LogP contribution in [0.5, 0.6) is 0 Å². The Morgan fingerprint density at radius 2 is 2.08 bits per heavy atom. The molecule has 0 saturated carbocycles. The Bertz CT molecular complexity index is 276. The highest BCUT2D eigenvalue weighted by Gasteiger charge is 2.22. The highest BCUT2D eigenvalue weighted by atomic mass is 15.2. The van der Waals surface area contributed by atoms with E-state index < -0.39 is 0 Å². The molecule has 0 spiro atoms. The smallest absolute Gasteiger partial charge is 0.125 e. The van der Waals surface area contributed by atoms with Gasteiger partial charge in [-0.3, -0.25) is 4.90 Å². The lowest BCUT2D eigenvalue weighted by Gasteiger charge is -2.36. The molecule has 1 aromatic rings. The van der Waals surface area contributed by atoms with Gasteiger partial charge in [-0.05, 0) is 6.92 Å². The fraction of sp³-hybridized carbons (Fsp3) is 0.556. The van der Waals surface area contributed by atoms with Gasteiger partial charge in [0.05, 0.1) is 0 Å². The lowest BCUT2D eigenvalue weighted by molar-refractivity contribution is 0.142. The van der Waals surface area contributed by atoms with E-state index in [0.717, 1.165) is 31.0 Å². The van der Waals surface area contributed by atoms with Gasteiger partial charge >= 0.3 is 0 Å². The van der Waals surface area contributed by atoms with Gasteiger partial charge in [0, 0.05) is 43.6 Å². The maximum absolute atomic E-state index is 5.67. The molecule has 1 aliphatic heterocycles. The van der Waals surface area contributed by atoms with Crippen LogP contribution in [0.25, 0.3) is 0 Å². The zero-order valence-electron chi connectivity index (χ0n) is 7.77. The molecular weight excluding hydrogens is 164 g/mol. The van der Waals surface area contributed by atoms with Gasteiger partial charge in [0.15, 0.2) is 0 Å². The Balaban J connectivity index is 1.91. The maximum Gasteiger partial charge on any atom is 0.125 e. The lowest BCUT2D eigenvalue weighted by Crippen LogP contribution is -2.54. The third kappa shape index (κ3) is 2.02. The first-order valence-corrected chi connectivity index (χ1v) is 4.49. The minimum absolute atomic E-state index is 0.367. The number of aryl methyl sites for hydroxylation is 1. The van der Waals surface area contributed by atoms with Crippen molar-refractivity contribution in [1.82, 2.24) is 14.9 Å². The summed E-state index contributed by atoms with van der Waals surface area (Å²) in [6.45, 7) is 4.80. The molecule has 13 heavy (non-hydrogen) atoms. The summed E-state index contributed by atoms with van der Waals surface area (Å²) in [6.07, 6.45) is 3.76. The number of rotatable bonds is 2. The summed E-state index contributed by atoms with van der Waals surface area (Å²) in [5, 5.41) is 0. The first-order chi connectivity index (χ1) is 6.24. The topological polar surface area (TPSA) is 55.0 Å². The second kappa shape index (κ2) is 3.40. The Kier molecular flexibility index (Phi) is 2.24. The predicted octanol–water partition coefficient (Wildman–Crippen LogP) is -0.0721. The summed E-state index contributed by atoms with van der Waals surface area (Å²) < 4.78 is 0. The van der Waals surface area contributed by atoms with E-state index in [9.17, 15) is 0 Å². The van der Waals surface area contributed by atoms with Gasteiger partial charge in [-0.25, -0.2) is 9.97 Å². The van der Waals surface area contributed by atoms with Gasteiger partial charge in [0.2, 0.25) is 0 Å². The third-order valence-electron chi connectivity index (χ3n) is 2.23. The van der Waals surface area contributed by atoms with E-state index in [1.54, 1.807) is 0 Å². The van der Waals surface area contributed by atoms with Gasteiger partial charge in [0.25, 0.3) is 0 Å². The standard InChI is InChI=1S/C9H14N4/c1-7-11-2-8(3-12-7)4-13-5-9(10)6-13/h2-3,9H,4-6,10H2,1H3. The van der Waals surface area contributed by atoms with E-state index in [1.165, 1.54) is 0 Å². The predicted molar refractivity (Wildman–Crippen MR) is 50.0 cm³/mol. The number of likely N-dealkylation sites (tertiary alicyclic amines) is 1. The Labute approximate surface area is 77.8 Å². The molecule has 1 aliphatic rings. The summed E-state index contributed by atoms with van der Waals surface area (Å²) in [5.41, 5.74) is 6.84. The summed E-state index contributed by atoms with van der Waals surface area (Å²) >= 11 is 0. The van der Waals surface area contributed by atoms with E-state index in [0.29, 0.717) is 6.04 Å². The summed E-state index contributed by atoms with van der Waals surface area (Å²) in [4.78, 5) is 10.6. The average molecular weight is 178 g/mol. The third-order valence-corrected chi connectivity index (χ3v) is 2.23. The van der Waals surface area contributed by atoms with Gasteiger partial charge in [0.1, 0.15) is 5.82 Å². The molecule has 1 saturated heterocycles. The largest absolute Gasteiger partial charge is 0.325 e. The number of nitrogens with zero attached hydrogens (tertiary/aromatic N) is 3. The molecule has 0 aliphatic carbocycles. The van der Waals surface area contributed by atoms with E-state index in [2.05, 4.69) is 14.9 Å². The Morgan fingerprint density at radius 1 is 1.46 bits per heavy atom. The molecule has 2 N–H and O–H groups in total. The molecule has 2 rings (SSSR count). The zero-order valence-corrected chi connectivity index (χ0v) is 7.77. The highest BCUT2D eigenvalue weighted by molar-refractivity contribution is 5.05. The van der Waals surface area contributed by atoms with Crippen molar-refractivity contribution in [1.29, 1.82) is 0 Å². The van der Waals surface area contributed by atoms with Crippen LogP contribution in [-0.4, -0.2) is 34.0 Å². The zero-order chi connectivity index (χ0) is 9.26. The van der Waals surface area contributed by atoms with Crippen LogP contribution >= 0.6 is 0 Å². The van der Waals surface area contributed by atoms with Gasteiger partial charge < -0.3 is 5.73 Å². The quantitative estimate of drug-likeness (QED) is 0.688. The van der Waals surface area contributed by atoms with E-state index in [4.69, 9.17) is 5.73 Å². The van der Waals surface area contributed by atoms with Gasteiger partial charge in [-0.1, -0.05) is 0 Å². The first kappa shape index (κ1) is 8.59. The van der Waals surface area contributed by atoms with Crippen LogP contribution in [0.15, 0.2) is 12.4 Å². The molecule has 4 nitrogen and oxygen atoms in total. The van der Waals surface area contributed by atoms with Gasteiger partial charge in [-0.15, -0.1) is 0 Å². The van der Waals surface area contributed by atoms with Crippen molar-refractivity contribution in [2.24, 2.45) is 5.73 Å². The molecule has 1 aromatic heterocycles. The van der Waals surface area contributed by atoms with Crippen LogP contribution in [0.4, 0.5) is 0 Å². The highest BCUT2D eigenvalue weighted by Crippen LogP contribution is 2.09. The van der Waals surface area contributed by atoms with Crippen molar-refractivity contribution < 1.29 is 0 Å². The van der Waals surface area contributed by atoms with Crippen LogP contribution < -0.4 is 5.73 Å². The fourth-order valence-electron chi connectivity index (χ4n) is 1.50. The van der Waals surface area contributed by atoms with Crippen molar-refractivity contribution in [3.63, 3.8) is 0 Å². The van der Waals surface area contributed by atoms with Crippen LogP contribution in [0, 0.1) is 6.92 Å². The molecule has 1 fully saturated rings. The summed E-state index contributed by atoms with van der Waals surface area (Å²) in [5.74, 6) is 0.823.